The predicted molar refractivity (Wildman–Crippen MR) is 129 cm³/mol. The van der Waals surface area contributed by atoms with Gasteiger partial charge in [-0.3, -0.25) is 4.18 Å². The molecule has 0 saturated heterocycles. The number of benzene rings is 3. The van der Waals surface area contributed by atoms with E-state index in [1.807, 2.05) is 0 Å². The van der Waals surface area contributed by atoms with E-state index in [0.717, 1.165) is 31.2 Å². The molecule has 33 heavy (non-hydrogen) atoms. The molecule has 1 aromatic heterocycles. The SMILES string of the molecule is CCN1c2ccccc2N(C)c2cc3c(cc21)nc1ccccc1[n+]3CC.COS(=O)(=O)[O-]. The van der Waals surface area contributed by atoms with E-state index in [0.29, 0.717) is 0 Å². The molecule has 0 radical (unpaired) electrons. The Bertz CT molecular complexity index is 1440. The Morgan fingerprint density at radius 1 is 0.909 bits per heavy atom. The van der Waals surface area contributed by atoms with Crippen LogP contribution in [0.3, 0.4) is 0 Å². The molecule has 2 heterocycles. The van der Waals surface area contributed by atoms with E-state index in [9.17, 15) is 13.0 Å². The van der Waals surface area contributed by atoms with Gasteiger partial charge in [-0.1, -0.05) is 24.3 Å². The first-order valence-corrected chi connectivity index (χ1v) is 12.0. The zero-order chi connectivity index (χ0) is 23.8. The van der Waals surface area contributed by atoms with Crippen LogP contribution >= 0.6 is 0 Å². The van der Waals surface area contributed by atoms with Crippen molar-refractivity contribution in [1.82, 2.24) is 4.98 Å². The lowest BCUT2D eigenvalue weighted by atomic mass is 10.1. The number of aromatic nitrogens is 2. The standard InChI is InChI=1S/C23H23N4.CH4O4S/c1-4-26-18-11-7-6-10-16(18)24-17-14-23-22(15-21(17)26)25(3)19-12-8-9-13-20(19)27(23)5-2;1-5-6(2,3)4/h6-15H,4-5H2,1-3H3;1H3,(H,2,3,4)/q+1;/p-1. The molecule has 1 aliphatic rings. The molecule has 0 bridgehead atoms. The molecule has 0 N–H and O–H groups in total. The maximum Gasteiger partial charge on any atom is 0.233 e. The fourth-order valence-corrected chi connectivity index (χ4v) is 4.31. The van der Waals surface area contributed by atoms with Crippen LogP contribution in [0.4, 0.5) is 22.7 Å². The van der Waals surface area contributed by atoms with Crippen LogP contribution in [0.5, 0.6) is 0 Å². The summed E-state index contributed by atoms with van der Waals surface area (Å²) < 4.78 is 33.4. The maximum absolute atomic E-state index is 9.22. The van der Waals surface area contributed by atoms with Gasteiger partial charge in [-0.15, -0.1) is 0 Å². The molecular weight excluding hydrogens is 440 g/mol. The normalized spacial score (nSPS) is 12.9. The Morgan fingerprint density at radius 3 is 2.18 bits per heavy atom. The molecule has 1 aliphatic heterocycles. The Balaban J connectivity index is 0.000000385. The van der Waals surface area contributed by atoms with Gasteiger partial charge >= 0.3 is 0 Å². The second-order valence-corrected chi connectivity index (χ2v) is 8.69. The third-order valence-corrected chi connectivity index (χ3v) is 6.21. The molecular formula is C24H26N4O4S. The largest absolute Gasteiger partial charge is 0.726 e. The first-order valence-electron chi connectivity index (χ1n) is 10.7. The van der Waals surface area contributed by atoms with Crippen molar-refractivity contribution in [3.05, 3.63) is 60.7 Å². The van der Waals surface area contributed by atoms with Crippen LogP contribution in [-0.4, -0.2) is 38.7 Å². The lowest BCUT2D eigenvalue weighted by Gasteiger charge is -2.37. The van der Waals surface area contributed by atoms with E-state index in [-0.39, 0.29) is 0 Å². The summed E-state index contributed by atoms with van der Waals surface area (Å²) in [5.74, 6) is 0. The molecule has 5 rings (SSSR count). The highest BCUT2D eigenvalue weighted by Gasteiger charge is 2.28. The number of rotatable bonds is 3. The summed E-state index contributed by atoms with van der Waals surface area (Å²) >= 11 is 0. The number of fused-ring (bicyclic) bond motifs is 4. The van der Waals surface area contributed by atoms with Gasteiger partial charge in [0.05, 0.1) is 29.9 Å². The second-order valence-electron chi connectivity index (χ2n) is 7.54. The average molecular weight is 467 g/mol. The molecule has 4 aromatic rings. The Labute approximate surface area is 193 Å². The van der Waals surface area contributed by atoms with Crippen LogP contribution in [0.2, 0.25) is 0 Å². The average Bonchev–Trinajstić information content (AvgIpc) is 2.82. The molecule has 0 aliphatic carbocycles. The van der Waals surface area contributed by atoms with Crippen molar-refractivity contribution in [3.63, 3.8) is 0 Å². The lowest BCUT2D eigenvalue weighted by molar-refractivity contribution is -0.641. The number of hydrogen-bond acceptors (Lipinski definition) is 7. The molecule has 3 aromatic carbocycles. The van der Waals surface area contributed by atoms with Crippen molar-refractivity contribution in [2.24, 2.45) is 0 Å². The van der Waals surface area contributed by atoms with Crippen LogP contribution < -0.4 is 14.4 Å². The zero-order valence-corrected chi connectivity index (χ0v) is 19.8. The van der Waals surface area contributed by atoms with E-state index in [1.54, 1.807) is 0 Å². The summed E-state index contributed by atoms with van der Waals surface area (Å²) in [6.45, 7) is 6.24. The van der Waals surface area contributed by atoms with Gasteiger partial charge in [0.25, 0.3) is 0 Å². The Kier molecular flexibility index (Phi) is 6.20. The highest BCUT2D eigenvalue weighted by Crippen LogP contribution is 2.47. The second kappa shape index (κ2) is 8.93. The van der Waals surface area contributed by atoms with Crippen LogP contribution in [0.25, 0.3) is 22.1 Å². The smallest absolute Gasteiger partial charge is 0.233 e. The zero-order valence-electron chi connectivity index (χ0n) is 19.0. The molecule has 0 saturated carbocycles. The molecule has 8 nitrogen and oxygen atoms in total. The van der Waals surface area contributed by atoms with Gasteiger partial charge in [0, 0.05) is 25.7 Å². The van der Waals surface area contributed by atoms with Gasteiger partial charge in [-0.25, -0.2) is 13.4 Å². The Hall–Kier alpha value is -3.27. The summed E-state index contributed by atoms with van der Waals surface area (Å²) in [4.78, 5) is 9.66. The van der Waals surface area contributed by atoms with Gasteiger partial charge < -0.3 is 14.4 Å². The molecule has 0 amide bonds. The first kappa shape index (κ1) is 22.9. The predicted octanol–water partition coefficient (Wildman–Crippen LogP) is 4.03. The van der Waals surface area contributed by atoms with E-state index < -0.39 is 10.4 Å². The van der Waals surface area contributed by atoms with Gasteiger partial charge in [0.1, 0.15) is 17.6 Å². The van der Waals surface area contributed by atoms with Crippen molar-refractivity contribution in [3.8, 4) is 0 Å². The molecule has 0 spiro atoms. The van der Waals surface area contributed by atoms with Crippen molar-refractivity contribution in [2.45, 2.75) is 20.4 Å². The van der Waals surface area contributed by atoms with Gasteiger partial charge in [-0.05, 0) is 38.1 Å². The van der Waals surface area contributed by atoms with E-state index >= 15 is 0 Å². The van der Waals surface area contributed by atoms with E-state index in [1.165, 1.54) is 33.8 Å². The maximum atomic E-state index is 9.22. The van der Waals surface area contributed by atoms with Crippen LogP contribution in [0.15, 0.2) is 60.7 Å². The fraction of sp³-hybridized carbons (Fsp3) is 0.250. The first-order chi connectivity index (χ1) is 15.8. The highest BCUT2D eigenvalue weighted by molar-refractivity contribution is 7.80. The van der Waals surface area contributed by atoms with E-state index in [4.69, 9.17) is 4.98 Å². The van der Waals surface area contributed by atoms with Crippen LogP contribution in [0.1, 0.15) is 13.8 Å². The van der Waals surface area contributed by atoms with Gasteiger partial charge in [-0.2, -0.15) is 4.57 Å². The van der Waals surface area contributed by atoms with Gasteiger partial charge in [0.15, 0.2) is 0 Å². The van der Waals surface area contributed by atoms with Crippen LogP contribution in [0, 0.1) is 0 Å². The van der Waals surface area contributed by atoms with Crippen molar-refractivity contribution < 1.29 is 21.7 Å². The molecule has 0 atom stereocenters. The third kappa shape index (κ3) is 4.22. The quantitative estimate of drug-likeness (QED) is 0.195. The van der Waals surface area contributed by atoms with Gasteiger partial charge in [0.2, 0.25) is 21.4 Å². The number of anilines is 4. The minimum Gasteiger partial charge on any atom is -0.726 e. The summed E-state index contributed by atoms with van der Waals surface area (Å²) in [7, 11) is -1.45. The minimum absolute atomic E-state index is 0.808. The van der Waals surface area contributed by atoms with E-state index in [2.05, 4.69) is 100 Å². The van der Waals surface area contributed by atoms with Crippen molar-refractivity contribution in [1.29, 1.82) is 0 Å². The third-order valence-electron chi connectivity index (χ3n) is 5.80. The molecule has 0 unspecified atom stereocenters. The number of aryl methyl sites for hydroxylation is 1. The summed E-state index contributed by atoms with van der Waals surface area (Å²) in [5.41, 5.74) is 9.37. The summed E-state index contributed by atoms with van der Waals surface area (Å²) in [6, 6.07) is 21.5. The number of para-hydroxylation sites is 4. The number of nitrogens with zero attached hydrogens (tertiary/aromatic N) is 4. The molecule has 9 heteroatoms. The number of hydrogen-bond donors (Lipinski definition) is 0. The van der Waals surface area contributed by atoms with Crippen molar-refractivity contribution in [2.75, 3.05) is 30.5 Å². The van der Waals surface area contributed by atoms with Crippen LogP contribution in [-0.2, 0) is 21.1 Å². The Morgan fingerprint density at radius 2 is 1.55 bits per heavy atom. The fourth-order valence-electron chi connectivity index (χ4n) is 4.31. The monoisotopic (exact) mass is 466 g/mol. The lowest BCUT2D eigenvalue weighted by Crippen LogP contribution is -2.35. The highest BCUT2D eigenvalue weighted by atomic mass is 32.3. The summed E-state index contributed by atoms with van der Waals surface area (Å²) in [5, 5.41) is 0. The summed E-state index contributed by atoms with van der Waals surface area (Å²) in [6.07, 6.45) is 0. The molecule has 0 fully saturated rings. The minimum atomic E-state index is -4.41. The van der Waals surface area contributed by atoms with Crippen molar-refractivity contribution >= 4 is 55.2 Å². The topological polar surface area (TPSA) is 89.7 Å². The molecule has 172 valence electrons.